The van der Waals surface area contributed by atoms with Crippen LogP contribution in [0.4, 0.5) is 0 Å². The molecule has 4 nitrogen and oxygen atoms in total. The first-order valence-corrected chi connectivity index (χ1v) is 8.56. The van der Waals surface area contributed by atoms with Crippen molar-refractivity contribution in [3.8, 4) is 0 Å². The number of hydrogen-bond donors (Lipinski definition) is 1. The minimum atomic E-state index is 0. The fourth-order valence-electron chi connectivity index (χ4n) is 2.65. The van der Waals surface area contributed by atoms with E-state index in [1.165, 1.54) is 16.9 Å². The van der Waals surface area contributed by atoms with Crippen LogP contribution in [0.1, 0.15) is 12.0 Å². The van der Waals surface area contributed by atoms with Gasteiger partial charge in [-0.3, -0.25) is 4.99 Å². The Morgan fingerprint density at radius 1 is 1.41 bits per heavy atom. The number of nitrogens with zero attached hydrogens (tertiary/aromatic N) is 2. The molecule has 0 bridgehead atoms. The van der Waals surface area contributed by atoms with Crippen LogP contribution in [0, 0.1) is 5.92 Å². The van der Waals surface area contributed by atoms with E-state index in [0.29, 0.717) is 5.92 Å². The molecule has 2 rings (SSSR count). The van der Waals surface area contributed by atoms with Crippen molar-refractivity contribution in [2.45, 2.75) is 17.9 Å². The van der Waals surface area contributed by atoms with Crippen LogP contribution in [0.5, 0.6) is 0 Å². The number of rotatable bonds is 5. The number of thioether (sulfide) groups is 1. The van der Waals surface area contributed by atoms with Crippen LogP contribution in [0.3, 0.4) is 0 Å². The standard InChI is InChI=1S/C16H25N3OS.HI/c1-17-16(19-9-8-14(11-19)12-20-2)18-10-13-4-6-15(21-3)7-5-13;/h4-7,14H,8-12H2,1-3H3,(H,17,18);1H. The van der Waals surface area contributed by atoms with Crippen molar-refractivity contribution in [2.75, 3.05) is 40.1 Å². The second kappa shape index (κ2) is 10.3. The molecule has 1 saturated heterocycles. The SMILES string of the molecule is CN=C(NCc1ccc(SC)cc1)N1CCC(COC)C1.I. The third-order valence-corrected chi connectivity index (χ3v) is 4.55. The van der Waals surface area contributed by atoms with Gasteiger partial charge in [-0.05, 0) is 30.4 Å². The molecule has 6 heteroatoms. The summed E-state index contributed by atoms with van der Waals surface area (Å²) in [6, 6.07) is 8.66. The molecule has 1 unspecified atom stereocenters. The Bertz CT molecular complexity index is 467. The topological polar surface area (TPSA) is 36.9 Å². The molecule has 0 saturated carbocycles. The third kappa shape index (κ3) is 5.62. The molecule has 22 heavy (non-hydrogen) atoms. The molecule has 0 amide bonds. The molecule has 1 atom stereocenters. The minimum Gasteiger partial charge on any atom is -0.384 e. The molecular weight excluding hydrogens is 409 g/mol. The van der Waals surface area contributed by atoms with Gasteiger partial charge in [0.1, 0.15) is 0 Å². The molecule has 1 aromatic carbocycles. The maximum Gasteiger partial charge on any atom is 0.193 e. The van der Waals surface area contributed by atoms with Gasteiger partial charge >= 0.3 is 0 Å². The van der Waals surface area contributed by atoms with Crippen molar-refractivity contribution in [1.82, 2.24) is 10.2 Å². The van der Waals surface area contributed by atoms with E-state index in [9.17, 15) is 0 Å². The number of ether oxygens (including phenoxy) is 1. The van der Waals surface area contributed by atoms with Crippen LogP contribution in [0.25, 0.3) is 0 Å². The average Bonchev–Trinajstić information content (AvgIpc) is 2.97. The van der Waals surface area contributed by atoms with Crippen LogP contribution >= 0.6 is 35.7 Å². The summed E-state index contributed by atoms with van der Waals surface area (Å²) in [6.45, 7) is 3.73. The van der Waals surface area contributed by atoms with Crippen molar-refractivity contribution in [3.05, 3.63) is 29.8 Å². The minimum absolute atomic E-state index is 0. The molecule has 1 aromatic rings. The van der Waals surface area contributed by atoms with E-state index < -0.39 is 0 Å². The van der Waals surface area contributed by atoms with Crippen LogP contribution in [-0.4, -0.2) is 51.0 Å². The van der Waals surface area contributed by atoms with E-state index in [1.807, 2.05) is 7.05 Å². The predicted molar refractivity (Wildman–Crippen MR) is 105 cm³/mol. The lowest BCUT2D eigenvalue weighted by Crippen LogP contribution is -2.39. The second-order valence-corrected chi connectivity index (χ2v) is 6.18. The summed E-state index contributed by atoms with van der Waals surface area (Å²) in [4.78, 5) is 8.02. The highest BCUT2D eigenvalue weighted by molar-refractivity contribution is 14.0. The highest BCUT2D eigenvalue weighted by Gasteiger charge is 2.24. The summed E-state index contributed by atoms with van der Waals surface area (Å²) in [5.74, 6) is 1.61. The monoisotopic (exact) mass is 435 g/mol. The highest BCUT2D eigenvalue weighted by atomic mass is 127. The van der Waals surface area contributed by atoms with Gasteiger partial charge < -0.3 is 15.0 Å². The first kappa shape index (κ1) is 19.6. The number of aliphatic imine (C=N–C) groups is 1. The Hall–Kier alpha value is -0.470. The first-order valence-electron chi connectivity index (χ1n) is 7.34. The van der Waals surface area contributed by atoms with Gasteiger partial charge in [0.15, 0.2) is 5.96 Å². The van der Waals surface area contributed by atoms with E-state index >= 15 is 0 Å². The summed E-state index contributed by atoms with van der Waals surface area (Å²) in [5, 5.41) is 3.46. The fraction of sp³-hybridized carbons (Fsp3) is 0.562. The van der Waals surface area contributed by atoms with Crippen molar-refractivity contribution >= 4 is 41.7 Å². The van der Waals surface area contributed by atoms with E-state index in [2.05, 4.69) is 45.7 Å². The molecule has 0 aliphatic carbocycles. The fourth-order valence-corrected chi connectivity index (χ4v) is 3.06. The van der Waals surface area contributed by atoms with Gasteiger partial charge in [-0.15, -0.1) is 35.7 Å². The Labute approximate surface area is 155 Å². The summed E-state index contributed by atoms with van der Waals surface area (Å²) in [6.07, 6.45) is 3.27. The van der Waals surface area contributed by atoms with Gasteiger partial charge in [0.05, 0.1) is 6.61 Å². The average molecular weight is 435 g/mol. The molecule has 1 heterocycles. The summed E-state index contributed by atoms with van der Waals surface area (Å²) in [7, 11) is 3.62. The summed E-state index contributed by atoms with van der Waals surface area (Å²) >= 11 is 1.77. The molecule has 124 valence electrons. The van der Waals surface area contributed by atoms with Gasteiger partial charge in [-0.25, -0.2) is 0 Å². The summed E-state index contributed by atoms with van der Waals surface area (Å²) < 4.78 is 5.25. The molecule has 0 aromatic heterocycles. The van der Waals surface area contributed by atoms with Gasteiger partial charge in [-0.1, -0.05) is 12.1 Å². The Kier molecular flexibility index (Phi) is 9.19. The number of guanidine groups is 1. The number of likely N-dealkylation sites (tertiary alicyclic amines) is 1. The molecule has 1 aliphatic rings. The molecule has 0 radical (unpaired) electrons. The normalized spacial score (nSPS) is 18.2. The van der Waals surface area contributed by atoms with Crippen LogP contribution in [-0.2, 0) is 11.3 Å². The number of nitrogens with one attached hydrogen (secondary N) is 1. The lowest BCUT2D eigenvalue weighted by Gasteiger charge is -2.21. The van der Waals surface area contributed by atoms with Crippen LogP contribution < -0.4 is 5.32 Å². The van der Waals surface area contributed by atoms with Crippen LogP contribution in [0.2, 0.25) is 0 Å². The zero-order valence-electron chi connectivity index (χ0n) is 13.5. The molecule has 1 N–H and O–H groups in total. The van der Waals surface area contributed by atoms with Crippen molar-refractivity contribution in [1.29, 1.82) is 0 Å². The number of benzene rings is 1. The molecular formula is C16H26IN3OS. The molecule has 1 fully saturated rings. The van der Waals surface area contributed by atoms with E-state index in [1.54, 1.807) is 18.9 Å². The number of halogens is 1. The highest BCUT2D eigenvalue weighted by Crippen LogP contribution is 2.17. The quantitative estimate of drug-likeness (QED) is 0.334. The van der Waals surface area contributed by atoms with Crippen molar-refractivity contribution in [2.24, 2.45) is 10.9 Å². The van der Waals surface area contributed by atoms with Gasteiger partial charge in [-0.2, -0.15) is 0 Å². The zero-order valence-corrected chi connectivity index (χ0v) is 16.7. The third-order valence-electron chi connectivity index (χ3n) is 3.81. The number of hydrogen-bond acceptors (Lipinski definition) is 3. The maximum atomic E-state index is 5.25. The Morgan fingerprint density at radius 2 is 2.14 bits per heavy atom. The maximum absolute atomic E-state index is 5.25. The lowest BCUT2D eigenvalue weighted by molar-refractivity contribution is 0.157. The smallest absolute Gasteiger partial charge is 0.193 e. The zero-order chi connectivity index (χ0) is 15.1. The second-order valence-electron chi connectivity index (χ2n) is 5.30. The number of methoxy groups -OCH3 is 1. The van der Waals surface area contributed by atoms with Crippen molar-refractivity contribution < 1.29 is 4.74 Å². The molecule has 0 spiro atoms. The van der Waals surface area contributed by atoms with E-state index in [-0.39, 0.29) is 24.0 Å². The first-order chi connectivity index (χ1) is 10.3. The Balaban J connectivity index is 0.00000242. The van der Waals surface area contributed by atoms with Crippen LogP contribution in [0.15, 0.2) is 34.2 Å². The largest absolute Gasteiger partial charge is 0.384 e. The van der Waals surface area contributed by atoms with Gasteiger partial charge in [0.2, 0.25) is 0 Å². The van der Waals surface area contributed by atoms with E-state index in [0.717, 1.165) is 32.2 Å². The molecule has 1 aliphatic heterocycles. The Morgan fingerprint density at radius 3 is 2.73 bits per heavy atom. The predicted octanol–water partition coefficient (Wildman–Crippen LogP) is 3.07. The van der Waals surface area contributed by atoms with E-state index in [4.69, 9.17) is 4.74 Å². The van der Waals surface area contributed by atoms with Gasteiger partial charge in [0.25, 0.3) is 0 Å². The summed E-state index contributed by atoms with van der Waals surface area (Å²) in [5.41, 5.74) is 1.28. The van der Waals surface area contributed by atoms with Crippen molar-refractivity contribution in [3.63, 3.8) is 0 Å². The van der Waals surface area contributed by atoms with Gasteiger partial charge in [0, 0.05) is 44.6 Å². The lowest BCUT2D eigenvalue weighted by atomic mass is 10.1.